The second-order valence-electron chi connectivity index (χ2n) is 8.43. The minimum Gasteiger partial charge on any atom is -0.103 e. The van der Waals surface area contributed by atoms with Gasteiger partial charge in [-0.2, -0.15) is 0 Å². The lowest BCUT2D eigenvalue weighted by atomic mass is 10.1. The molecular formula is C28H56. The van der Waals surface area contributed by atoms with Gasteiger partial charge in [0.25, 0.3) is 0 Å². The molecule has 0 amide bonds. The molecule has 0 saturated carbocycles. The molecule has 0 rings (SSSR count). The van der Waals surface area contributed by atoms with Gasteiger partial charge in [0.1, 0.15) is 0 Å². The molecule has 0 heteroatoms. The van der Waals surface area contributed by atoms with Crippen LogP contribution in [0.5, 0.6) is 0 Å². The molecule has 0 heterocycles. The third-order valence-corrected chi connectivity index (χ3v) is 5.38. The van der Waals surface area contributed by atoms with Gasteiger partial charge in [-0.3, -0.25) is 0 Å². The molecule has 0 bridgehead atoms. The van der Waals surface area contributed by atoms with Gasteiger partial charge in [-0.25, -0.2) is 0 Å². The van der Waals surface area contributed by atoms with Gasteiger partial charge in [0.2, 0.25) is 0 Å². The molecule has 0 aliphatic heterocycles. The van der Waals surface area contributed by atoms with Crippen molar-refractivity contribution in [3.8, 4) is 0 Å². The second-order valence-corrected chi connectivity index (χ2v) is 8.43. The van der Waals surface area contributed by atoms with Crippen molar-refractivity contribution < 1.29 is 0 Å². The first-order valence-electron chi connectivity index (χ1n) is 13.1. The van der Waals surface area contributed by atoms with Gasteiger partial charge in [-0.1, -0.05) is 135 Å². The van der Waals surface area contributed by atoms with Gasteiger partial charge in [-0.15, -0.1) is 6.58 Å². The van der Waals surface area contributed by atoms with Crippen molar-refractivity contribution in [3.63, 3.8) is 0 Å². The van der Waals surface area contributed by atoms with Crippen LogP contribution in [0.4, 0.5) is 0 Å². The Morgan fingerprint density at radius 3 is 1.00 bits per heavy atom. The summed E-state index contributed by atoms with van der Waals surface area (Å²) in [5, 5.41) is 0. The zero-order valence-electron chi connectivity index (χ0n) is 20.3. The lowest BCUT2D eigenvalue weighted by molar-refractivity contribution is 0.606. The Morgan fingerprint density at radius 2 is 0.679 bits per heavy atom. The average molecular weight is 393 g/mol. The molecule has 0 atom stereocenters. The minimum atomic E-state index is 1.20. The Bertz CT molecular complexity index is 258. The topological polar surface area (TPSA) is 0 Å². The maximum atomic E-state index is 3.69. The molecule has 0 nitrogen and oxygen atoms in total. The summed E-state index contributed by atoms with van der Waals surface area (Å²) >= 11 is 0. The second kappa shape index (κ2) is 31.2. The monoisotopic (exact) mass is 392 g/mol. The summed E-state index contributed by atoms with van der Waals surface area (Å²) in [6.45, 7) is 10.5. The summed E-state index contributed by atoms with van der Waals surface area (Å²) in [6, 6.07) is 0. The predicted octanol–water partition coefficient (Wildman–Crippen LogP) is 11.0. The van der Waals surface area contributed by atoms with Crippen molar-refractivity contribution in [1.29, 1.82) is 0 Å². The summed E-state index contributed by atoms with van der Waals surface area (Å²) in [7, 11) is 0. The Hall–Kier alpha value is -0.520. The molecule has 0 aliphatic carbocycles. The molecular weight excluding hydrogens is 336 g/mol. The summed E-state index contributed by atoms with van der Waals surface area (Å²) in [5.74, 6) is 0. The standard InChI is InChI=1S/C18H36.C10H20/c1-3-5-7-9-11-13-15-17-18-16-14-12-10-8-6-4-2;1-3-5-7-9-10-8-6-4-2/h17-18H,3-16H2,1-2H3;3H,1,4-10H2,2H3. The molecule has 0 N–H and O–H groups in total. The highest BCUT2D eigenvalue weighted by Crippen LogP contribution is 2.09. The first kappa shape index (κ1) is 29.7. The minimum absolute atomic E-state index is 1.20. The molecule has 168 valence electrons. The molecule has 28 heavy (non-hydrogen) atoms. The number of unbranched alkanes of at least 4 members (excludes halogenated alkanes) is 18. The number of rotatable bonds is 21. The van der Waals surface area contributed by atoms with Crippen LogP contribution in [0, 0.1) is 0 Å². The van der Waals surface area contributed by atoms with E-state index in [2.05, 4.69) is 39.5 Å². The van der Waals surface area contributed by atoms with Gasteiger partial charge in [-0.05, 0) is 38.5 Å². The smallest absolute Gasteiger partial charge is 0.0351 e. The van der Waals surface area contributed by atoms with E-state index in [4.69, 9.17) is 0 Å². The molecule has 0 aromatic carbocycles. The maximum Gasteiger partial charge on any atom is -0.0351 e. The van der Waals surface area contributed by atoms with Crippen molar-refractivity contribution >= 4 is 0 Å². The third-order valence-electron chi connectivity index (χ3n) is 5.38. The van der Waals surface area contributed by atoms with Crippen LogP contribution in [0.15, 0.2) is 24.8 Å². The van der Waals surface area contributed by atoms with Crippen LogP contribution in [0.2, 0.25) is 0 Å². The highest BCUT2D eigenvalue weighted by atomic mass is 14.0. The van der Waals surface area contributed by atoms with Crippen LogP contribution in [0.3, 0.4) is 0 Å². The molecule has 0 spiro atoms. The average Bonchev–Trinajstić information content (AvgIpc) is 2.71. The van der Waals surface area contributed by atoms with Crippen LogP contribution < -0.4 is 0 Å². The van der Waals surface area contributed by atoms with Crippen LogP contribution in [0.1, 0.15) is 156 Å². The number of hydrogen-bond donors (Lipinski definition) is 0. The molecule has 0 aliphatic rings. The van der Waals surface area contributed by atoms with E-state index in [1.54, 1.807) is 0 Å². The SMILES string of the molecule is C=CCCCCCCCC.CCCCCCCCC=CCCCCCCCC. The number of hydrogen-bond acceptors (Lipinski definition) is 0. The van der Waals surface area contributed by atoms with Crippen LogP contribution in [-0.4, -0.2) is 0 Å². The number of allylic oxidation sites excluding steroid dienone is 3. The van der Waals surface area contributed by atoms with E-state index in [1.165, 1.54) is 135 Å². The molecule has 0 radical (unpaired) electrons. The van der Waals surface area contributed by atoms with Gasteiger partial charge < -0.3 is 0 Å². The largest absolute Gasteiger partial charge is 0.103 e. The third kappa shape index (κ3) is 33.1. The summed E-state index contributed by atoms with van der Waals surface area (Å²) in [4.78, 5) is 0. The predicted molar refractivity (Wildman–Crippen MR) is 133 cm³/mol. The van der Waals surface area contributed by atoms with E-state index >= 15 is 0 Å². The van der Waals surface area contributed by atoms with Crippen LogP contribution in [-0.2, 0) is 0 Å². The van der Waals surface area contributed by atoms with Gasteiger partial charge in [0.05, 0.1) is 0 Å². The van der Waals surface area contributed by atoms with E-state index in [-0.39, 0.29) is 0 Å². The Balaban J connectivity index is 0. The summed E-state index contributed by atoms with van der Waals surface area (Å²) in [6.07, 6.45) is 36.0. The Kier molecular flexibility index (Phi) is 33.1. The normalized spacial score (nSPS) is 10.8. The van der Waals surface area contributed by atoms with E-state index in [9.17, 15) is 0 Å². The first-order chi connectivity index (χ1) is 13.8. The van der Waals surface area contributed by atoms with Crippen LogP contribution >= 0.6 is 0 Å². The molecule has 0 aromatic rings. The zero-order chi connectivity index (χ0) is 21.0. The lowest BCUT2D eigenvalue weighted by Crippen LogP contribution is -1.79. The molecule has 0 fully saturated rings. The highest BCUT2D eigenvalue weighted by molar-refractivity contribution is 4.81. The molecule has 0 unspecified atom stereocenters. The van der Waals surface area contributed by atoms with Crippen LogP contribution in [0.25, 0.3) is 0 Å². The van der Waals surface area contributed by atoms with E-state index < -0.39 is 0 Å². The van der Waals surface area contributed by atoms with Gasteiger partial charge in [0.15, 0.2) is 0 Å². The van der Waals surface area contributed by atoms with Crippen molar-refractivity contribution in [1.82, 2.24) is 0 Å². The quantitative estimate of drug-likeness (QED) is 0.134. The Labute approximate surface area is 180 Å². The van der Waals surface area contributed by atoms with Crippen molar-refractivity contribution in [2.45, 2.75) is 156 Å². The van der Waals surface area contributed by atoms with Crippen molar-refractivity contribution in [3.05, 3.63) is 24.8 Å². The van der Waals surface area contributed by atoms with Crippen molar-refractivity contribution in [2.24, 2.45) is 0 Å². The van der Waals surface area contributed by atoms with E-state index in [0.29, 0.717) is 0 Å². The molecule has 0 aromatic heterocycles. The highest BCUT2D eigenvalue weighted by Gasteiger charge is 1.90. The fraction of sp³-hybridized carbons (Fsp3) is 0.857. The summed E-state index contributed by atoms with van der Waals surface area (Å²) in [5.41, 5.74) is 0. The summed E-state index contributed by atoms with van der Waals surface area (Å²) < 4.78 is 0. The fourth-order valence-electron chi connectivity index (χ4n) is 3.39. The van der Waals surface area contributed by atoms with Gasteiger partial charge >= 0.3 is 0 Å². The van der Waals surface area contributed by atoms with E-state index in [1.807, 2.05) is 6.08 Å². The van der Waals surface area contributed by atoms with Gasteiger partial charge in [0, 0.05) is 0 Å². The molecule has 0 saturated heterocycles. The Morgan fingerprint density at radius 1 is 0.393 bits per heavy atom. The zero-order valence-corrected chi connectivity index (χ0v) is 20.3. The maximum absolute atomic E-state index is 3.69. The van der Waals surface area contributed by atoms with E-state index in [0.717, 1.165) is 0 Å². The lowest BCUT2D eigenvalue weighted by Gasteiger charge is -1.98. The van der Waals surface area contributed by atoms with Crippen molar-refractivity contribution in [2.75, 3.05) is 0 Å². The first-order valence-corrected chi connectivity index (χ1v) is 13.1. The fourth-order valence-corrected chi connectivity index (χ4v) is 3.39.